The van der Waals surface area contributed by atoms with Gasteiger partial charge in [0.05, 0.1) is 12.3 Å². The predicted molar refractivity (Wildman–Crippen MR) is 123 cm³/mol. The van der Waals surface area contributed by atoms with Crippen molar-refractivity contribution in [3.8, 4) is 5.75 Å². The number of thioether (sulfide) groups is 1. The lowest BCUT2D eigenvalue weighted by Gasteiger charge is -2.10. The molecule has 4 rings (SSSR count). The number of anilines is 1. The quantitative estimate of drug-likeness (QED) is 0.285. The van der Waals surface area contributed by atoms with Crippen molar-refractivity contribution >= 4 is 29.0 Å². The first-order valence-corrected chi connectivity index (χ1v) is 11.0. The maximum atomic E-state index is 14.1. The first kappa shape index (κ1) is 21.9. The number of rotatable bonds is 9. The standard InChI is InChI=1S/C24H22FN3O3S/c1-30-12-13-31-22-10-7-18(14-21(22)25)27-24(29)17-5-8-20(9-6-17)32-16-19-15-28-11-3-2-4-23(28)26-19/h2-11,14-15H,12-13,16H2,1H3,(H,27,29). The molecule has 8 heteroatoms. The number of carbonyl (C=O) groups excluding carboxylic acids is 1. The molecule has 0 aliphatic heterocycles. The van der Waals surface area contributed by atoms with Crippen LogP contribution in [0, 0.1) is 5.82 Å². The summed E-state index contributed by atoms with van der Waals surface area (Å²) in [7, 11) is 1.55. The van der Waals surface area contributed by atoms with E-state index in [-0.39, 0.29) is 18.3 Å². The zero-order valence-electron chi connectivity index (χ0n) is 17.5. The Morgan fingerprint density at radius 3 is 2.72 bits per heavy atom. The van der Waals surface area contributed by atoms with E-state index in [1.165, 1.54) is 12.1 Å². The number of fused-ring (bicyclic) bond motifs is 1. The number of benzene rings is 2. The van der Waals surface area contributed by atoms with Crippen LogP contribution < -0.4 is 10.1 Å². The van der Waals surface area contributed by atoms with Gasteiger partial charge in [0.1, 0.15) is 12.3 Å². The Hall–Kier alpha value is -3.36. The van der Waals surface area contributed by atoms with Crippen LogP contribution in [0.5, 0.6) is 5.75 Å². The summed E-state index contributed by atoms with van der Waals surface area (Å²) in [5, 5.41) is 2.71. The molecule has 0 aliphatic rings. The van der Waals surface area contributed by atoms with Crippen molar-refractivity contribution < 1.29 is 18.7 Å². The number of pyridine rings is 1. The first-order chi connectivity index (χ1) is 15.6. The Morgan fingerprint density at radius 1 is 1.12 bits per heavy atom. The normalized spacial score (nSPS) is 10.9. The number of hydrogen-bond acceptors (Lipinski definition) is 5. The summed E-state index contributed by atoms with van der Waals surface area (Å²) in [6, 6.07) is 17.5. The van der Waals surface area contributed by atoms with Gasteiger partial charge in [-0.2, -0.15) is 0 Å². The average Bonchev–Trinajstić information content (AvgIpc) is 3.23. The van der Waals surface area contributed by atoms with Crippen molar-refractivity contribution in [1.29, 1.82) is 0 Å². The first-order valence-electron chi connectivity index (χ1n) is 10.0. The Labute approximate surface area is 189 Å². The molecule has 32 heavy (non-hydrogen) atoms. The topological polar surface area (TPSA) is 64.9 Å². The minimum absolute atomic E-state index is 0.118. The molecule has 0 radical (unpaired) electrons. The van der Waals surface area contributed by atoms with Crippen LogP contribution in [0.15, 0.2) is 78.0 Å². The number of amides is 1. The smallest absolute Gasteiger partial charge is 0.255 e. The molecule has 0 spiro atoms. The molecule has 4 aromatic rings. The number of halogens is 1. The van der Waals surface area contributed by atoms with Crippen molar-refractivity contribution in [1.82, 2.24) is 9.38 Å². The fourth-order valence-electron chi connectivity index (χ4n) is 3.05. The number of aromatic nitrogens is 2. The lowest BCUT2D eigenvalue weighted by atomic mass is 10.2. The molecule has 0 aliphatic carbocycles. The van der Waals surface area contributed by atoms with Gasteiger partial charge >= 0.3 is 0 Å². The number of imidazole rings is 1. The van der Waals surface area contributed by atoms with Gasteiger partial charge in [0, 0.05) is 47.5 Å². The molecule has 164 valence electrons. The maximum Gasteiger partial charge on any atom is 0.255 e. The number of carbonyl (C=O) groups is 1. The van der Waals surface area contributed by atoms with E-state index >= 15 is 0 Å². The summed E-state index contributed by atoms with van der Waals surface area (Å²) in [5.41, 5.74) is 2.75. The van der Waals surface area contributed by atoms with Crippen LogP contribution in [0.2, 0.25) is 0 Å². The lowest BCUT2D eigenvalue weighted by Crippen LogP contribution is -2.12. The SMILES string of the molecule is COCCOc1ccc(NC(=O)c2ccc(SCc3cn4ccccc4n3)cc2)cc1F. The Bertz CT molecular complexity index is 1180. The second-order valence-corrected chi connectivity index (χ2v) is 8.00. The van der Waals surface area contributed by atoms with Gasteiger partial charge < -0.3 is 19.2 Å². The zero-order chi connectivity index (χ0) is 22.3. The van der Waals surface area contributed by atoms with E-state index in [0.717, 1.165) is 22.0 Å². The van der Waals surface area contributed by atoms with Gasteiger partial charge in [0.15, 0.2) is 11.6 Å². The molecule has 0 bridgehead atoms. The molecule has 6 nitrogen and oxygen atoms in total. The monoisotopic (exact) mass is 451 g/mol. The number of nitrogens with one attached hydrogen (secondary N) is 1. The summed E-state index contributed by atoms with van der Waals surface area (Å²) in [6.07, 6.45) is 3.98. The van der Waals surface area contributed by atoms with Gasteiger partial charge in [0.2, 0.25) is 0 Å². The number of nitrogens with zero attached hydrogens (tertiary/aromatic N) is 2. The molecule has 0 saturated heterocycles. The van der Waals surface area contributed by atoms with Gasteiger partial charge in [-0.1, -0.05) is 6.07 Å². The molecular weight excluding hydrogens is 429 g/mol. The summed E-state index contributed by atoms with van der Waals surface area (Å²) in [5.74, 6) is -0.00957. The van der Waals surface area contributed by atoms with Crippen LogP contribution in [0.25, 0.3) is 5.65 Å². The highest BCUT2D eigenvalue weighted by molar-refractivity contribution is 7.98. The van der Waals surface area contributed by atoms with E-state index < -0.39 is 5.82 Å². The van der Waals surface area contributed by atoms with Gasteiger partial charge in [-0.15, -0.1) is 11.8 Å². The molecule has 0 saturated carbocycles. The van der Waals surface area contributed by atoms with Crippen molar-refractivity contribution in [2.75, 3.05) is 25.6 Å². The van der Waals surface area contributed by atoms with E-state index in [1.807, 2.05) is 47.1 Å². The highest BCUT2D eigenvalue weighted by Crippen LogP contribution is 2.24. The van der Waals surface area contributed by atoms with E-state index in [2.05, 4.69) is 10.3 Å². The molecule has 2 aromatic carbocycles. The number of ether oxygens (including phenoxy) is 2. The van der Waals surface area contributed by atoms with Crippen molar-refractivity contribution in [2.45, 2.75) is 10.6 Å². The highest BCUT2D eigenvalue weighted by Gasteiger charge is 2.10. The fourth-order valence-corrected chi connectivity index (χ4v) is 3.83. The van der Waals surface area contributed by atoms with Crippen LogP contribution in [0.1, 0.15) is 16.1 Å². The molecule has 1 amide bonds. The highest BCUT2D eigenvalue weighted by atomic mass is 32.2. The molecular formula is C24H22FN3O3S. The van der Waals surface area contributed by atoms with Crippen molar-refractivity contribution in [3.05, 3.63) is 90.1 Å². The van der Waals surface area contributed by atoms with Gasteiger partial charge in [-0.25, -0.2) is 9.37 Å². The van der Waals surface area contributed by atoms with Crippen LogP contribution in [0.4, 0.5) is 10.1 Å². The molecule has 0 fully saturated rings. The third-order valence-electron chi connectivity index (χ3n) is 4.65. The number of methoxy groups -OCH3 is 1. The maximum absolute atomic E-state index is 14.1. The van der Waals surface area contributed by atoms with Crippen LogP contribution >= 0.6 is 11.8 Å². The minimum atomic E-state index is -0.544. The summed E-state index contributed by atoms with van der Waals surface area (Å²) in [6.45, 7) is 0.617. The molecule has 1 N–H and O–H groups in total. The van der Waals surface area contributed by atoms with Crippen LogP contribution in [-0.4, -0.2) is 35.6 Å². The third-order valence-corrected chi connectivity index (χ3v) is 5.70. The fraction of sp³-hybridized carbons (Fsp3) is 0.167. The Kier molecular flexibility index (Phi) is 7.03. The zero-order valence-corrected chi connectivity index (χ0v) is 18.3. The second-order valence-electron chi connectivity index (χ2n) is 6.95. The van der Waals surface area contributed by atoms with E-state index in [4.69, 9.17) is 9.47 Å². The molecule has 2 heterocycles. The minimum Gasteiger partial charge on any atom is -0.488 e. The molecule has 2 aromatic heterocycles. The molecule has 0 unspecified atom stereocenters. The summed E-state index contributed by atoms with van der Waals surface area (Å²) in [4.78, 5) is 18.1. The van der Waals surface area contributed by atoms with Gasteiger partial charge in [-0.3, -0.25) is 4.79 Å². The lowest BCUT2D eigenvalue weighted by molar-refractivity contribution is 0.102. The summed E-state index contributed by atoms with van der Waals surface area (Å²) < 4.78 is 26.3. The number of hydrogen-bond donors (Lipinski definition) is 1. The average molecular weight is 452 g/mol. The molecule has 0 atom stereocenters. The van der Waals surface area contributed by atoms with Crippen molar-refractivity contribution in [3.63, 3.8) is 0 Å². The summed E-state index contributed by atoms with van der Waals surface area (Å²) >= 11 is 1.64. The van der Waals surface area contributed by atoms with Gasteiger partial charge in [0.25, 0.3) is 5.91 Å². The van der Waals surface area contributed by atoms with E-state index in [9.17, 15) is 9.18 Å². The van der Waals surface area contributed by atoms with Crippen LogP contribution in [-0.2, 0) is 10.5 Å². The van der Waals surface area contributed by atoms with Gasteiger partial charge in [-0.05, 0) is 48.5 Å². The van der Waals surface area contributed by atoms with Crippen molar-refractivity contribution in [2.24, 2.45) is 0 Å². The Balaban J connectivity index is 1.33. The van der Waals surface area contributed by atoms with E-state index in [1.54, 1.807) is 37.1 Å². The van der Waals surface area contributed by atoms with Crippen LogP contribution in [0.3, 0.4) is 0 Å². The second kappa shape index (κ2) is 10.3. The van der Waals surface area contributed by atoms with E-state index in [0.29, 0.717) is 17.9 Å². The third kappa shape index (κ3) is 5.46. The largest absolute Gasteiger partial charge is 0.488 e. The predicted octanol–water partition coefficient (Wildman–Crippen LogP) is 5.04. The Morgan fingerprint density at radius 2 is 1.97 bits per heavy atom.